The molecule has 1 atom stereocenters. The van der Waals surface area contributed by atoms with E-state index >= 15 is 0 Å². The van der Waals surface area contributed by atoms with Gasteiger partial charge in [0.25, 0.3) is 0 Å². The Labute approximate surface area is 87.8 Å². The van der Waals surface area contributed by atoms with Crippen molar-refractivity contribution in [1.82, 2.24) is 0 Å². The van der Waals surface area contributed by atoms with Gasteiger partial charge in [-0.05, 0) is 37.6 Å². The van der Waals surface area contributed by atoms with E-state index < -0.39 is 6.10 Å². The van der Waals surface area contributed by atoms with E-state index in [0.29, 0.717) is 16.2 Å². The first kappa shape index (κ1) is 11.2. The van der Waals surface area contributed by atoms with Gasteiger partial charge >= 0.3 is 0 Å². The lowest BCUT2D eigenvalue weighted by Crippen LogP contribution is -2.00. The van der Waals surface area contributed by atoms with Crippen molar-refractivity contribution in [2.24, 2.45) is 0 Å². The first-order valence-corrected chi connectivity index (χ1v) is 4.70. The topological polar surface area (TPSA) is 20.2 Å². The van der Waals surface area contributed by atoms with Crippen LogP contribution in [-0.2, 0) is 0 Å². The molecule has 0 heterocycles. The molecule has 0 fully saturated rings. The third-order valence-electron chi connectivity index (χ3n) is 2.03. The fourth-order valence-electron chi connectivity index (χ4n) is 0.997. The summed E-state index contributed by atoms with van der Waals surface area (Å²) in [6, 6.07) is 4.51. The van der Waals surface area contributed by atoms with E-state index in [1.165, 1.54) is 6.07 Å². The summed E-state index contributed by atoms with van der Waals surface area (Å²) in [6.45, 7) is 3.36. The number of benzene rings is 1. The quantitative estimate of drug-likeness (QED) is 0.801. The minimum absolute atomic E-state index is 0.326. The highest BCUT2D eigenvalue weighted by Crippen LogP contribution is 2.22. The zero-order valence-electron chi connectivity index (χ0n) is 8.09. The van der Waals surface area contributed by atoms with Gasteiger partial charge in [-0.25, -0.2) is 4.39 Å². The molecule has 1 unspecified atom stereocenters. The van der Waals surface area contributed by atoms with Gasteiger partial charge in [-0.3, -0.25) is 0 Å². The molecule has 0 aliphatic carbocycles. The Bertz CT molecular complexity index is 338. The third-order valence-corrected chi connectivity index (χ3v) is 2.36. The molecule has 3 heteroatoms. The van der Waals surface area contributed by atoms with Crippen molar-refractivity contribution in [3.63, 3.8) is 0 Å². The number of hydrogen-bond donors (Lipinski definition) is 1. The van der Waals surface area contributed by atoms with E-state index in [1.54, 1.807) is 32.1 Å². The van der Waals surface area contributed by atoms with Gasteiger partial charge in [-0.1, -0.05) is 17.7 Å². The van der Waals surface area contributed by atoms with E-state index in [2.05, 4.69) is 0 Å². The Balaban J connectivity index is 3.14. The van der Waals surface area contributed by atoms with Gasteiger partial charge in [0.1, 0.15) is 5.82 Å². The second-order valence-corrected chi connectivity index (χ2v) is 3.61. The Morgan fingerprint density at radius 2 is 2.21 bits per heavy atom. The largest absolute Gasteiger partial charge is 0.389 e. The molecule has 0 aromatic heterocycles. The average Bonchev–Trinajstić information content (AvgIpc) is 2.11. The molecule has 0 aliphatic rings. The number of rotatable bonds is 2. The first-order chi connectivity index (χ1) is 6.52. The lowest BCUT2D eigenvalue weighted by atomic mass is 10.1. The lowest BCUT2D eigenvalue weighted by molar-refractivity contribution is 0.232. The number of aliphatic hydroxyl groups excluding tert-OH is 1. The summed E-state index contributed by atoms with van der Waals surface area (Å²) in [4.78, 5) is 0. The van der Waals surface area contributed by atoms with Gasteiger partial charge in [0.05, 0.1) is 11.1 Å². The van der Waals surface area contributed by atoms with E-state index in [1.807, 2.05) is 0 Å². The number of hydrogen-bond acceptors (Lipinski definition) is 1. The third kappa shape index (κ3) is 2.56. The van der Waals surface area contributed by atoms with Gasteiger partial charge in [0.15, 0.2) is 0 Å². The van der Waals surface area contributed by atoms with E-state index in [9.17, 15) is 9.50 Å². The molecule has 1 nitrogen and oxygen atoms in total. The lowest BCUT2D eigenvalue weighted by Gasteiger charge is -2.06. The van der Waals surface area contributed by atoms with Crippen molar-refractivity contribution in [3.05, 3.63) is 40.2 Å². The van der Waals surface area contributed by atoms with Gasteiger partial charge in [-0.15, -0.1) is 0 Å². The van der Waals surface area contributed by atoms with E-state index in [-0.39, 0.29) is 5.82 Å². The fourth-order valence-corrected chi connectivity index (χ4v) is 1.21. The van der Waals surface area contributed by atoms with Crippen LogP contribution in [-0.4, -0.2) is 11.2 Å². The van der Waals surface area contributed by atoms with Gasteiger partial charge in [-0.2, -0.15) is 0 Å². The van der Waals surface area contributed by atoms with Crippen LogP contribution in [0.3, 0.4) is 0 Å². The highest BCUT2D eigenvalue weighted by Gasteiger charge is 2.05. The van der Waals surface area contributed by atoms with Crippen LogP contribution in [0.15, 0.2) is 23.8 Å². The van der Waals surface area contributed by atoms with Gasteiger partial charge in [0, 0.05) is 5.56 Å². The Kier molecular flexibility index (Phi) is 3.67. The zero-order valence-corrected chi connectivity index (χ0v) is 8.85. The van der Waals surface area contributed by atoms with E-state index in [4.69, 9.17) is 11.6 Å². The molecule has 0 amide bonds. The molecular formula is C11H12ClFO. The van der Waals surface area contributed by atoms with E-state index in [0.717, 1.165) is 0 Å². The monoisotopic (exact) mass is 214 g/mol. The molecule has 14 heavy (non-hydrogen) atoms. The molecule has 1 aromatic carbocycles. The second-order valence-electron chi connectivity index (χ2n) is 3.20. The summed E-state index contributed by atoms with van der Waals surface area (Å²) in [6.07, 6.45) is 0.966. The molecule has 0 saturated carbocycles. The zero-order chi connectivity index (χ0) is 10.7. The van der Waals surface area contributed by atoms with Crippen LogP contribution < -0.4 is 0 Å². The average molecular weight is 215 g/mol. The van der Waals surface area contributed by atoms with Crippen LogP contribution >= 0.6 is 11.6 Å². The molecule has 1 aromatic rings. The molecular weight excluding hydrogens is 203 g/mol. The predicted octanol–water partition coefficient (Wildman–Crippen LogP) is 3.26. The van der Waals surface area contributed by atoms with Crippen molar-refractivity contribution in [2.45, 2.75) is 20.0 Å². The Morgan fingerprint density at radius 3 is 2.71 bits per heavy atom. The van der Waals surface area contributed by atoms with Gasteiger partial charge < -0.3 is 5.11 Å². The minimum Gasteiger partial charge on any atom is -0.389 e. The first-order valence-electron chi connectivity index (χ1n) is 4.32. The maximum Gasteiger partial charge on any atom is 0.131 e. The summed E-state index contributed by atoms with van der Waals surface area (Å²) in [5.74, 6) is -0.377. The van der Waals surface area contributed by atoms with Crippen LogP contribution in [0.2, 0.25) is 5.02 Å². The Hall–Kier alpha value is -0.860. The highest BCUT2D eigenvalue weighted by atomic mass is 35.5. The molecule has 76 valence electrons. The van der Waals surface area contributed by atoms with Crippen molar-refractivity contribution in [3.8, 4) is 0 Å². The SMILES string of the molecule is C/C(=C\c1c(F)cccc1Cl)C(C)O. The van der Waals surface area contributed by atoms with Crippen molar-refractivity contribution in [2.75, 3.05) is 0 Å². The number of aliphatic hydroxyl groups is 1. The highest BCUT2D eigenvalue weighted by molar-refractivity contribution is 6.32. The molecule has 0 bridgehead atoms. The standard InChI is InChI=1S/C11H12ClFO/c1-7(8(2)14)6-9-10(12)4-3-5-11(9)13/h3-6,8,14H,1-2H3/b7-6+. The summed E-state index contributed by atoms with van der Waals surface area (Å²) >= 11 is 5.81. The molecule has 0 aliphatic heterocycles. The van der Waals surface area contributed by atoms with Crippen LogP contribution in [0.5, 0.6) is 0 Å². The molecule has 0 radical (unpaired) electrons. The Morgan fingerprint density at radius 1 is 1.57 bits per heavy atom. The summed E-state index contributed by atoms with van der Waals surface area (Å²) in [5, 5.41) is 9.58. The van der Waals surface area contributed by atoms with Crippen molar-refractivity contribution >= 4 is 17.7 Å². The van der Waals surface area contributed by atoms with Crippen molar-refractivity contribution in [1.29, 1.82) is 0 Å². The van der Waals surface area contributed by atoms with Crippen LogP contribution in [0, 0.1) is 5.82 Å². The predicted molar refractivity (Wildman–Crippen MR) is 56.7 cm³/mol. The van der Waals surface area contributed by atoms with Crippen molar-refractivity contribution < 1.29 is 9.50 Å². The molecule has 1 rings (SSSR count). The summed E-state index contributed by atoms with van der Waals surface area (Å²) in [7, 11) is 0. The molecule has 0 spiro atoms. The normalized spacial score (nSPS) is 14.2. The van der Waals surface area contributed by atoms with Crippen LogP contribution in [0.1, 0.15) is 19.4 Å². The summed E-state index contributed by atoms with van der Waals surface area (Å²) in [5.41, 5.74) is 1.00. The minimum atomic E-state index is -0.592. The second kappa shape index (κ2) is 4.58. The maximum atomic E-state index is 13.3. The fraction of sp³-hybridized carbons (Fsp3) is 0.273. The smallest absolute Gasteiger partial charge is 0.131 e. The van der Waals surface area contributed by atoms with Crippen LogP contribution in [0.25, 0.3) is 6.08 Å². The maximum absolute atomic E-state index is 13.3. The van der Waals surface area contributed by atoms with Gasteiger partial charge in [0.2, 0.25) is 0 Å². The number of halogens is 2. The molecule has 0 saturated heterocycles. The van der Waals surface area contributed by atoms with Crippen LogP contribution in [0.4, 0.5) is 4.39 Å². The molecule has 1 N–H and O–H groups in total. The summed E-state index contributed by atoms with van der Waals surface area (Å²) < 4.78 is 13.3.